The molecule has 8 heteroatoms. The molecule has 5 unspecified atom stereocenters. The van der Waals surface area contributed by atoms with Crippen molar-refractivity contribution in [1.82, 2.24) is 14.9 Å². The molecule has 3 amide bonds. The molecule has 2 N–H and O–H groups in total. The minimum atomic E-state index is -1.29. The summed E-state index contributed by atoms with van der Waals surface area (Å²) in [5, 5.41) is 3.57. The molecule has 0 aromatic carbocycles. The molecule has 3 aliphatic rings. The van der Waals surface area contributed by atoms with Crippen molar-refractivity contribution < 1.29 is 14.4 Å². The van der Waals surface area contributed by atoms with Gasteiger partial charge in [-0.2, -0.15) is 9.83 Å². The second-order valence-electron chi connectivity index (χ2n) is 9.18. The number of hydrogen-bond donors (Lipinski definition) is 2. The van der Waals surface area contributed by atoms with E-state index >= 15 is 0 Å². The summed E-state index contributed by atoms with van der Waals surface area (Å²) in [6.07, 6.45) is 15.7. The number of hydrogen-bond acceptors (Lipinski definition) is 3. The van der Waals surface area contributed by atoms with Gasteiger partial charge in [0.15, 0.2) is 0 Å². The van der Waals surface area contributed by atoms with Crippen LogP contribution >= 0.6 is 18.3 Å². The maximum atomic E-state index is 13.2. The predicted molar refractivity (Wildman–Crippen MR) is 127 cm³/mol. The van der Waals surface area contributed by atoms with Crippen LogP contribution in [-0.2, 0) is 14.4 Å². The third kappa shape index (κ3) is 6.23. The van der Waals surface area contributed by atoms with Crippen molar-refractivity contribution in [3.63, 3.8) is 0 Å². The fraction of sp³-hybridized carbons (Fsp3) is 0.773. The van der Waals surface area contributed by atoms with E-state index in [1.165, 1.54) is 0 Å². The highest BCUT2D eigenvalue weighted by Gasteiger charge is 2.39. The van der Waals surface area contributed by atoms with Gasteiger partial charge in [-0.05, 0) is 51.2 Å². The van der Waals surface area contributed by atoms with Gasteiger partial charge < -0.3 is 14.9 Å². The summed E-state index contributed by atoms with van der Waals surface area (Å²) < 4.78 is 3.23. The lowest BCUT2D eigenvalue weighted by molar-refractivity contribution is -0.139. The maximum absolute atomic E-state index is 13.2. The lowest BCUT2D eigenvalue weighted by Gasteiger charge is -2.35. The van der Waals surface area contributed by atoms with E-state index in [0.29, 0.717) is 24.6 Å². The molecule has 0 aromatic heterocycles. The van der Waals surface area contributed by atoms with Crippen molar-refractivity contribution in [2.24, 2.45) is 5.92 Å². The average Bonchev–Trinajstić information content (AvgIpc) is 3.44. The summed E-state index contributed by atoms with van der Waals surface area (Å²) in [5.74, 6) is -0.336. The molecule has 1 saturated carbocycles. The Morgan fingerprint density at radius 3 is 2.63 bits per heavy atom. The Labute approximate surface area is 184 Å². The predicted octanol–water partition coefficient (Wildman–Crippen LogP) is 3.43. The molecule has 30 heavy (non-hydrogen) atoms. The summed E-state index contributed by atoms with van der Waals surface area (Å²) in [6, 6.07) is -1.07. The average molecular weight is 456 g/mol. The largest absolute Gasteiger partial charge is 0.342 e. The van der Waals surface area contributed by atoms with E-state index in [9.17, 15) is 14.4 Å². The van der Waals surface area contributed by atoms with Crippen molar-refractivity contribution in [3.05, 3.63) is 12.2 Å². The van der Waals surface area contributed by atoms with Gasteiger partial charge in [0.2, 0.25) is 11.8 Å². The lowest BCUT2D eigenvalue weighted by Crippen LogP contribution is -2.55. The van der Waals surface area contributed by atoms with Gasteiger partial charge in [-0.15, -0.1) is 0 Å². The molecular weight excluding hydrogens is 417 g/mol. The summed E-state index contributed by atoms with van der Waals surface area (Å²) in [4.78, 5) is 40.8. The lowest BCUT2D eigenvalue weighted by atomic mass is 9.99. The Morgan fingerprint density at radius 1 is 1.17 bits per heavy atom. The molecule has 1 aliphatic carbocycles. The smallest absolute Gasteiger partial charge is 0.251 e. The van der Waals surface area contributed by atoms with Crippen LogP contribution in [0.4, 0.5) is 0 Å². The summed E-state index contributed by atoms with van der Waals surface area (Å²) in [7, 11) is 1.57. The Bertz CT molecular complexity index is 681. The molecule has 6 nitrogen and oxygen atoms in total. The standard InChI is InChI=1S/C22H38N3O3PS/c1-16-10-7-5-3-4-6-8-12-19(26)25-15-9-11-18(25)21(27)23-20(16)22(28)24-30(2,29)17-13-14-17/h7,10,16-18,20H,3-6,8-9,11-15,29H2,1-2H3,(H,23,27)(H,24,28)/b10-7-. The van der Waals surface area contributed by atoms with Gasteiger partial charge in [0, 0.05) is 24.1 Å². The maximum Gasteiger partial charge on any atom is 0.251 e. The highest BCUT2D eigenvalue weighted by Crippen LogP contribution is 2.62. The molecule has 0 aromatic rings. The monoisotopic (exact) mass is 455 g/mol. The highest BCUT2D eigenvalue weighted by atomic mass is 32.8. The second-order valence-corrected chi connectivity index (χ2v) is 15.1. The van der Waals surface area contributed by atoms with E-state index in [2.05, 4.69) is 36.9 Å². The van der Waals surface area contributed by atoms with Crippen LogP contribution in [0.15, 0.2) is 12.2 Å². The first-order valence-corrected chi connectivity index (χ1v) is 15.0. The number of fused-ring (bicyclic) bond motifs is 1. The molecule has 2 aliphatic heterocycles. The Morgan fingerprint density at radius 2 is 1.90 bits per heavy atom. The number of rotatable bonds is 3. The van der Waals surface area contributed by atoms with E-state index in [-0.39, 0.29) is 23.6 Å². The summed E-state index contributed by atoms with van der Waals surface area (Å²) in [5.41, 5.74) is 0. The van der Waals surface area contributed by atoms with E-state index in [0.717, 1.165) is 51.4 Å². The minimum absolute atomic E-state index is 0.0745. The van der Waals surface area contributed by atoms with Crippen molar-refractivity contribution in [1.29, 1.82) is 0 Å². The van der Waals surface area contributed by atoms with Gasteiger partial charge in [0.1, 0.15) is 12.1 Å². The summed E-state index contributed by atoms with van der Waals surface area (Å²) >= 11 is 0. The van der Waals surface area contributed by atoms with Crippen LogP contribution in [0.5, 0.6) is 0 Å². The van der Waals surface area contributed by atoms with Gasteiger partial charge in [-0.3, -0.25) is 14.4 Å². The molecule has 0 spiro atoms. The third-order valence-electron chi connectivity index (χ3n) is 6.47. The zero-order chi connectivity index (χ0) is 21.7. The molecule has 3 rings (SSSR count). The molecule has 2 fully saturated rings. The molecule has 1 saturated heterocycles. The van der Waals surface area contributed by atoms with E-state index in [1.54, 1.807) is 4.90 Å². The van der Waals surface area contributed by atoms with Crippen molar-refractivity contribution in [2.75, 3.05) is 12.8 Å². The van der Waals surface area contributed by atoms with Crippen LogP contribution in [0.3, 0.4) is 0 Å². The molecular formula is C22H38N3O3PS. The highest BCUT2D eigenvalue weighted by molar-refractivity contribution is 8.67. The molecule has 0 radical (unpaired) electrons. The summed E-state index contributed by atoms with van der Waals surface area (Å²) in [6.45, 7) is 2.63. The van der Waals surface area contributed by atoms with E-state index < -0.39 is 21.9 Å². The van der Waals surface area contributed by atoms with Gasteiger partial charge in [-0.1, -0.05) is 40.4 Å². The van der Waals surface area contributed by atoms with Crippen molar-refractivity contribution in [3.8, 4) is 0 Å². The number of amides is 3. The fourth-order valence-corrected chi connectivity index (χ4v) is 7.41. The Balaban J connectivity index is 1.77. The minimum Gasteiger partial charge on any atom is -0.342 e. The van der Waals surface area contributed by atoms with Gasteiger partial charge >= 0.3 is 0 Å². The van der Waals surface area contributed by atoms with Crippen LogP contribution < -0.4 is 10.0 Å². The number of carbonyl (C=O) groups is 3. The molecule has 5 atom stereocenters. The first-order valence-electron chi connectivity index (χ1n) is 11.4. The van der Waals surface area contributed by atoms with Crippen molar-refractivity contribution >= 4 is 36.0 Å². The molecule has 2 heterocycles. The topological polar surface area (TPSA) is 78.5 Å². The van der Waals surface area contributed by atoms with Gasteiger partial charge in [0.25, 0.3) is 5.91 Å². The van der Waals surface area contributed by atoms with Gasteiger partial charge in [0.05, 0.1) is 0 Å². The Hall–Kier alpha value is -1.07. The number of nitrogens with zero attached hydrogens (tertiary/aromatic N) is 1. The van der Waals surface area contributed by atoms with Crippen LogP contribution in [0.2, 0.25) is 0 Å². The van der Waals surface area contributed by atoms with Crippen LogP contribution in [0, 0.1) is 5.92 Å². The van der Waals surface area contributed by atoms with Crippen LogP contribution in [0.25, 0.3) is 0 Å². The van der Waals surface area contributed by atoms with Crippen molar-refractivity contribution in [2.45, 2.75) is 88.5 Å². The van der Waals surface area contributed by atoms with Gasteiger partial charge in [-0.25, -0.2) is 0 Å². The zero-order valence-electron chi connectivity index (χ0n) is 18.4. The molecule has 0 bridgehead atoms. The van der Waals surface area contributed by atoms with E-state index in [4.69, 9.17) is 0 Å². The second kappa shape index (κ2) is 10.5. The SMILES string of the molecule is CC1/C=C\CCCCCCC(=O)N2CCCC2C(=O)NC1C(=O)NS(C)(P)C1CC1. The number of nitrogens with one attached hydrogen (secondary N) is 2. The van der Waals surface area contributed by atoms with E-state index in [1.807, 2.05) is 6.92 Å². The third-order valence-corrected chi connectivity index (χ3v) is 10.5. The normalized spacial score (nSPS) is 33.3. The number of allylic oxidation sites excluding steroid dienone is 1. The van der Waals surface area contributed by atoms with Crippen LogP contribution in [-0.4, -0.2) is 52.8 Å². The quantitative estimate of drug-likeness (QED) is 0.506. The molecule has 170 valence electrons. The Kier molecular flexibility index (Phi) is 8.25. The van der Waals surface area contributed by atoms with Crippen LogP contribution in [0.1, 0.15) is 71.1 Å². The first-order chi connectivity index (χ1) is 14.3. The first kappa shape index (κ1) is 23.6. The zero-order valence-corrected chi connectivity index (χ0v) is 20.4. The number of carbonyl (C=O) groups excluding carboxylic acids is 3. The fourth-order valence-electron chi connectivity index (χ4n) is 4.40.